The highest BCUT2D eigenvalue weighted by molar-refractivity contribution is 5.49. The molecule has 1 N–H and O–H groups in total. The van der Waals surface area contributed by atoms with Crippen molar-refractivity contribution >= 4 is 5.69 Å². The predicted octanol–water partition coefficient (Wildman–Crippen LogP) is 3.15. The Morgan fingerprint density at radius 1 is 1.15 bits per heavy atom. The average molecular weight is 269 g/mol. The summed E-state index contributed by atoms with van der Waals surface area (Å²) in [6.07, 6.45) is 1.96. The molecule has 1 unspecified atom stereocenters. The minimum absolute atomic E-state index is 0.188. The van der Waals surface area contributed by atoms with Gasteiger partial charge in [-0.05, 0) is 42.8 Å². The van der Waals surface area contributed by atoms with Crippen LogP contribution in [0.2, 0.25) is 0 Å². The molecule has 0 aliphatic rings. The number of nitrogens with one attached hydrogen (secondary N) is 1. The molecule has 0 spiro atoms. The van der Waals surface area contributed by atoms with Crippen LogP contribution in [0.5, 0.6) is 0 Å². The first-order valence-electron chi connectivity index (χ1n) is 7.05. The van der Waals surface area contributed by atoms with Gasteiger partial charge in [-0.25, -0.2) is 0 Å². The number of benzene rings is 1. The highest BCUT2D eigenvalue weighted by Gasteiger charge is 2.13. The van der Waals surface area contributed by atoms with Gasteiger partial charge in [0.05, 0.1) is 6.04 Å². The number of hydrogen-bond donors (Lipinski definition) is 1. The normalized spacial score (nSPS) is 12.2. The van der Waals surface area contributed by atoms with Crippen molar-refractivity contribution in [3.05, 3.63) is 59.4 Å². The molecule has 1 heterocycles. The first-order chi connectivity index (χ1) is 9.61. The molecule has 0 saturated heterocycles. The Balaban J connectivity index is 2.37. The van der Waals surface area contributed by atoms with Gasteiger partial charge in [0.25, 0.3) is 0 Å². The fourth-order valence-electron chi connectivity index (χ4n) is 2.26. The molecule has 1 aromatic heterocycles. The van der Waals surface area contributed by atoms with E-state index in [9.17, 15) is 0 Å². The molecule has 0 amide bonds. The Morgan fingerprint density at radius 3 is 2.55 bits per heavy atom. The van der Waals surface area contributed by atoms with Crippen LogP contribution in [0.3, 0.4) is 0 Å². The van der Waals surface area contributed by atoms with E-state index in [1.807, 2.05) is 13.1 Å². The van der Waals surface area contributed by atoms with E-state index in [4.69, 9.17) is 0 Å². The minimum atomic E-state index is 0.188. The van der Waals surface area contributed by atoms with E-state index in [-0.39, 0.29) is 6.04 Å². The van der Waals surface area contributed by atoms with E-state index < -0.39 is 0 Å². The zero-order valence-corrected chi connectivity index (χ0v) is 12.7. The van der Waals surface area contributed by atoms with E-state index in [2.05, 4.69) is 72.6 Å². The zero-order chi connectivity index (χ0) is 14.5. The molecule has 0 radical (unpaired) electrons. The quantitative estimate of drug-likeness (QED) is 0.903. The van der Waals surface area contributed by atoms with Crippen molar-refractivity contribution in [3.8, 4) is 0 Å². The van der Waals surface area contributed by atoms with Gasteiger partial charge in [0.2, 0.25) is 0 Å². The van der Waals surface area contributed by atoms with Crippen LogP contribution in [0.4, 0.5) is 5.69 Å². The van der Waals surface area contributed by atoms with Crippen LogP contribution in [0.25, 0.3) is 0 Å². The molecule has 106 valence electrons. The highest BCUT2D eigenvalue weighted by Crippen LogP contribution is 2.25. The predicted molar refractivity (Wildman–Crippen MR) is 85.3 cm³/mol. The standard InChI is InChI=1S/C17H23N3/c1-5-18-17(15-10-9-13(2)19-12-15)14-7-6-8-16(11-14)20(3)4/h6-12,17-18H,5H2,1-4H3. The molecule has 0 fully saturated rings. The summed E-state index contributed by atoms with van der Waals surface area (Å²) in [5.74, 6) is 0. The molecule has 2 rings (SSSR count). The largest absolute Gasteiger partial charge is 0.378 e. The lowest BCUT2D eigenvalue weighted by molar-refractivity contribution is 0.628. The first kappa shape index (κ1) is 14.5. The monoisotopic (exact) mass is 269 g/mol. The average Bonchev–Trinajstić information content (AvgIpc) is 2.46. The number of aryl methyl sites for hydroxylation is 1. The van der Waals surface area contributed by atoms with Gasteiger partial charge in [-0.15, -0.1) is 0 Å². The van der Waals surface area contributed by atoms with Crippen molar-refractivity contribution in [1.29, 1.82) is 0 Å². The number of anilines is 1. The van der Waals surface area contributed by atoms with Crippen molar-refractivity contribution in [2.75, 3.05) is 25.5 Å². The van der Waals surface area contributed by atoms with E-state index in [0.717, 1.165) is 12.2 Å². The molecule has 20 heavy (non-hydrogen) atoms. The Morgan fingerprint density at radius 2 is 1.95 bits per heavy atom. The Kier molecular flexibility index (Phi) is 4.74. The molecule has 0 aliphatic carbocycles. The summed E-state index contributed by atoms with van der Waals surface area (Å²) >= 11 is 0. The summed E-state index contributed by atoms with van der Waals surface area (Å²) < 4.78 is 0. The van der Waals surface area contributed by atoms with Crippen molar-refractivity contribution < 1.29 is 0 Å². The molecule has 0 aliphatic heterocycles. The van der Waals surface area contributed by atoms with Gasteiger partial charge in [0.15, 0.2) is 0 Å². The number of pyridine rings is 1. The number of nitrogens with zero attached hydrogens (tertiary/aromatic N) is 2. The number of aromatic nitrogens is 1. The van der Waals surface area contributed by atoms with Crippen LogP contribution in [0.15, 0.2) is 42.6 Å². The van der Waals surface area contributed by atoms with Gasteiger partial charge in [-0.3, -0.25) is 4.98 Å². The third-order valence-corrected chi connectivity index (χ3v) is 3.40. The maximum Gasteiger partial charge on any atom is 0.0592 e. The Labute approximate surface area is 121 Å². The number of hydrogen-bond acceptors (Lipinski definition) is 3. The third-order valence-electron chi connectivity index (χ3n) is 3.40. The minimum Gasteiger partial charge on any atom is -0.378 e. The van der Waals surface area contributed by atoms with Crippen LogP contribution in [-0.4, -0.2) is 25.6 Å². The third kappa shape index (κ3) is 3.36. The van der Waals surface area contributed by atoms with Crippen LogP contribution < -0.4 is 10.2 Å². The van der Waals surface area contributed by atoms with E-state index in [0.29, 0.717) is 0 Å². The van der Waals surface area contributed by atoms with E-state index >= 15 is 0 Å². The molecular weight excluding hydrogens is 246 g/mol. The molecule has 2 aromatic rings. The van der Waals surface area contributed by atoms with Crippen LogP contribution >= 0.6 is 0 Å². The Hall–Kier alpha value is -1.87. The van der Waals surface area contributed by atoms with Crippen LogP contribution in [0.1, 0.15) is 29.8 Å². The number of rotatable bonds is 5. The lowest BCUT2D eigenvalue weighted by Crippen LogP contribution is -2.22. The molecular formula is C17H23N3. The molecule has 3 heteroatoms. The molecule has 1 atom stereocenters. The second-order valence-corrected chi connectivity index (χ2v) is 5.21. The molecule has 3 nitrogen and oxygen atoms in total. The maximum absolute atomic E-state index is 4.41. The summed E-state index contributed by atoms with van der Waals surface area (Å²) in [4.78, 5) is 6.54. The van der Waals surface area contributed by atoms with Gasteiger partial charge in [-0.1, -0.05) is 25.1 Å². The van der Waals surface area contributed by atoms with Crippen LogP contribution in [0, 0.1) is 6.92 Å². The van der Waals surface area contributed by atoms with Crippen molar-refractivity contribution in [1.82, 2.24) is 10.3 Å². The van der Waals surface area contributed by atoms with E-state index in [1.54, 1.807) is 0 Å². The van der Waals surface area contributed by atoms with Gasteiger partial charge < -0.3 is 10.2 Å². The smallest absolute Gasteiger partial charge is 0.0592 e. The first-order valence-corrected chi connectivity index (χ1v) is 7.05. The Bertz CT molecular complexity index is 546. The highest BCUT2D eigenvalue weighted by atomic mass is 15.1. The topological polar surface area (TPSA) is 28.2 Å². The summed E-state index contributed by atoms with van der Waals surface area (Å²) in [6, 6.07) is 13.0. The van der Waals surface area contributed by atoms with Gasteiger partial charge in [0.1, 0.15) is 0 Å². The summed E-state index contributed by atoms with van der Waals surface area (Å²) in [5.41, 5.74) is 4.73. The SMILES string of the molecule is CCNC(c1ccc(C)nc1)c1cccc(N(C)C)c1. The van der Waals surface area contributed by atoms with Crippen molar-refractivity contribution in [3.63, 3.8) is 0 Å². The molecule has 0 bridgehead atoms. The van der Waals surface area contributed by atoms with Crippen molar-refractivity contribution in [2.24, 2.45) is 0 Å². The second-order valence-electron chi connectivity index (χ2n) is 5.21. The molecule has 0 saturated carbocycles. The van der Waals surface area contributed by atoms with Crippen LogP contribution in [-0.2, 0) is 0 Å². The zero-order valence-electron chi connectivity index (χ0n) is 12.7. The second kappa shape index (κ2) is 6.53. The summed E-state index contributed by atoms with van der Waals surface area (Å²) in [7, 11) is 4.13. The van der Waals surface area contributed by atoms with Crippen molar-refractivity contribution in [2.45, 2.75) is 19.9 Å². The maximum atomic E-state index is 4.41. The van der Waals surface area contributed by atoms with Gasteiger partial charge in [-0.2, -0.15) is 0 Å². The van der Waals surface area contributed by atoms with Gasteiger partial charge >= 0.3 is 0 Å². The van der Waals surface area contributed by atoms with Gasteiger partial charge in [0, 0.05) is 31.7 Å². The lowest BCUT2D eigenvalue weighted by atomic mass is 9.99. The summed E-state index contributed by atoms with van der Waals surface area (Å²) in [6.45, 7) is 5.06. The van der Waals surface area contributed by atoms with E-state index in [1.165, 1.54) is 16.8 Å². The lowest BCUT2D eigenvalue weighted by Gasteiger charge is -2.21. The fraction of sp³-hybridized carbons (Fsp3) is 0.353. The summed E-state index contributed by atoms with van der Waals surface area (Å²) in [5, 5.41) is 3.54. The fourth-order valence-corrected chi connectivity index (χ4v) is 2.26. The molecule has 1 aromatic carbocycles.